The second-order valence-electron chi connectivity index (χ2n) is 4.02. The second-order valence-corrected chi connectivity index (χ2v) is 4.02. The molecule has 5 heteroatoms. The minimum atomic E-state index is -0.824. The Kier molecular flexibility index (Phi) is 4.46. The zero-order valence-corrected chi connectivity index (χ0v) is 9.62. The minimum Gasteiger partial charge on any atom is -0.467 e. The Labute approximate surface area is 94.5 Å². The highest BCUT2D eigenvalue weighted by atomic mass is 16.5. The Morgan fingerprint density at radius 3 is 2.62 bits per heavy atom. The number of ether oxygens (including phenoxy) is 1. The molecule has 0 aromatic carbocycles. The van der Waals surface area contributed by atoms with E-state index in [1.807, 2.05) is 0 Å². The Hall–Kier alpha value is -1.39. The zero-order chi connectivity index (χ0) is 12.1. The molecule has 1 saturated carbocycles. The van der Waals surface area contributed by atoms with Crippen LogP contribution in [-0.4, -0.2) is 30.8 Å². The summed E-state index contributed by atoms with van der Waals surface area (Å²) >= 11 is 0. The maximum Gasteiger partial charge on any atom is 0.329 e. The van der Waals surface area contributed by atoms with E-state index in [4.69, 9.17) is 0 Å². The van der Waals surface area contributed by atoms with Crippen LogP contribution in [0.25, 0.3) is 0 Å². The highest BCUT2D eigenvalue weighted by Crippen LogP contribution is 2.24. The number of amides is 1. The van der Waals surface area contributed by atoms with Crippen molar-refractivity contribution in [3.05, 3.63) is 0 Å². The van der Waals surface area contributed by atoms with E-state index in [-0.39, 0.29) is 11.7 Å². The number of nitrogens with one attached hydrogen (secondary N) is 1. The van der Waals surface area contributed by atoms with Gasteiger partial charge in [-0.2, -0.15) is 0 Å². The van der Waals surface area contributed by atoms with Crippen LogP contribution >= 0.6 is 0 Å². The number of esters is 1. The minimum absolute atomic E-state index is 0.0374. The van der Waals surface area contributed by atoms with Crippen LogP contribution in [0.2, 0.25) is 0 Å². The number of carbonyl (C=O) groups excluding carboxylic acids is 3. The lowest BCUT2D eigenvalue weighted by Crippen LogP contribution is -2.49. The summed E-state index contributed by atoms with van der Waals surface area (Å²) in [7, 11) is 1.25. The molecule has 16 heavy (non-hydrogen) atoms. The van der Waals surface area contributed by atoms with Gasteiger partial charge in [-0.1, -0.05) is 6.42 Å². The summed E-state index contributed by atoms with van der Waals surface area (Å²) in [6, 6.07) is -0.824. The van der Waals surface area contributed by atoms with Crippen molar-refractivity contribution in [1.29, 1.82) is 0 Å². The monoisotopic (exact) mass is 227 g/mol. The molecule has 1 aliphatic rings. The first-order valence-corrected chi connectivity index (χ1v) is 5.44. The highest BCUT2D eigenvalue weighted by Gasteiger charge is 2.36. The number of rotatable bonds is 3. The van der Waals surface area contributed by atoms with Crippen molar-refractivity contribution >= 4 is 17.7 Å². The number of ketones is 1. The van der Waals surface area contributed by atoms with Crippen molar-refractivity contribution in [2.45, 2.75) is 38.6 Å². The third-order valence-corrected chi connectivity index (χ3v) is 2.82. The molecule has 1 fully saturated rings. The van der Waals surface area contributed by atoms with Crippen molar-refractivity contribution in [1.82, 2.24) is 5.32 Å². The third kappa shape index (κ3) is 3.05. The SMILES string of the molecule is COC(=O)C(NC(C)=O)C1CCCCC1=O. The van der Waals surface area contributed by atoms with Gasteiger partial charge in [0.25, 0.3) is 0 Å². The molecular weight excluding hydrogens is 210 g/mol. The summed E-state index contributed by atoms with van der Waals surface area (Å²) in [5.74, 6) is -1.26. The van der Waals surface area contributed by atoms with Crippen molar-refractivity contribution in [2.75, 3.05) is 7.11 Å². The lowest BCUT2D eigenvalue weighted by atomic mass is 9.82. The summed E-state index contributed by atoms with van der Waals surface area (Å²) in [4.78, 5) is 34.2. The molecule has 0 aromatic heterocycles. The van der Waals surface area contributed by atoms with Crippen molar-refractivity contribution in [2.24, 2.45) is 5.92 Å². The lowest BCUT2D eigenvalue weighted by molar-refractivity contribution is -0.149. The lowest BCUT2D eigenvalue weighted by Gasteiger charge is -2.27. The van der Waals surface area contributed by atoms with Gasteiger partial charge in [0.15, 0.2) is 0 Å². The summed E-state index contributed by atoms with van der Waals surface area (Å²) in [6.07, 6.45) is 2.89. The van der Waals surface area contributed by atoms with Crippen LogP contribution in [0.1, 0.15) is 32.6 Å². The first kappa shape index (κ1) is 12.7. The van der Waals surface area contributed by atoms with Crippen LogP contribution in [0.15, 0.2) is 0 Å². The normalized spacial score (nSPS) is 22.4. The van der Waals surface area contributed by atoms with Crippen LogP contribution < -0.4 is 5.32 Å². The Balaban J connectivity index is 2.77. The predicted molar refractivity (Wildman–Crippen MR) is 56.6 cm³/mol. The van der Waals surface area contributed by atoms with E-state index in [0.29, 0.717) is 12.8 Å². The van der Waals surface area contributed by atoms with Gasteiger partial charge < -0.3 is 10.1 Å². The van der Waals surface area contributed by atoms with Crippen LogP contribution in [0.5, 0.6) is 0 Å². The molecule has 0 bridgehead atoms. The molecular formula is C11H17NO4. The molecule has 1 amide bonds. The van der Waals surface area contributed by atoms with Gasteiger partial charge in [0.2, 0.25) is 5.91 Å². The van der Waals surface area contributed by atoms with Crippen LogP contribution in [0, 0.1) is 5.92 Å². The first-order chi connectivity index (χ1) is 7.56. The average molecular weight is 227 g/mol. The number of hydrogen-bond donors (Lipinski definition) is 1. The first-order valence-electron chi connectivity index (χ1n) is 5.44. The van der Waals surface area contributed by atoms with Gasteiger partial charge in [-0.05, 0) is 12.8 Å². The summed E-state index contributed by atoms with van der Waals surface area (Å²) in [6.45, 7) is 1.32. The second kappa shape index (κ2) is 5.63. The maximum atomic E-state index is 11.7. The Morgan fingerprint density at radius 2 is 2.12 bits per heavy atom. The van der Waals surface area contributed by atoms with E-state index >= 15 is 0 Å². The van der Waals surface area contributed by atoms with Crippen molar-refractivity contribution in [3.8, 4) is 0 Å². The molecule has 5 nitrogen and oxygen atoms in total. The van der Waals surface area contributed by atoms with Gasteiger partial charge in [0.05, 0.1) is 7.11 Å². The van der Waals surface area contributed by atoms with Crippen LogP contribution in [0.3, 0.4) is 0 Å². The standard InChI is InChI=1S/C11H17NO4/c1-7(13)12-10(11(15)16-2)8-5-3-4-6-9(8)14/h8,10H,3-6H2,1-2H3,(H,12,13). The van der Waals surface area contributed by atoms with Crippen molar-refractivity contribution < 1.29 is 19.1 Å². The fourth-order valence-electron chi connectivity index (χ4n) is 2.03. The number of methoxy groups -OCH3 is 1. The Morgan fingerprint density at radius 1 is 1.44 bits per heavy atom. The fourth-order valence-corrected chi connectivity index (χ4v) is 2.03. The molecule has 1 aliphatic carbocycles. The van der Waals surface area contributed by atoms with E-state index in [1.165, 1.54) is 14.0 Å². The number of hydrogen-bond acceptors (Lipinski definition) is 4. The predicted octanol–water partition coefficient (Wildman–Crippen LogP) is 0.423. The topological polar surface area (TPSA) is 72.5 Å². The van der Waals surface area contributed by atoms with Gasteiger partial charge in [-0.25, -0.2) is 4.79 Å². The van der Waals surface area contributed by atoms with E-state index < -0.39 is 17.9 Å². The molecule has 90 valence electrons. The molecule has 0 saturated heterocycles. The third-order valence-electron chi connectivity index (χ3n) is 2.82. The van der Waals surface area contributed by atoms with E-state index in [9.17, 15) is 14.4 Å². The van der Waals surface area contributed by atoms with Gasteiger partial charge in [0.1, 0.15) is 11.8 Å². The number of carbonyl (C=O) groups is 3. The number of Topliss-reactive ketones (excluding diaryl/α,β-unsaturated/α-hetero) is 1. The molecule has 1 rings (SSSR count). The highest BCUT2D eigenvalue weighted by molar-refractivity contribution is 5.91. The quantitative estimate of drug-likeness (QED) is 0.709. The summed E-state index contributed by atoms with van der Waals surface area (Å²) in [5, 5.41) is 2.50. The van der Waals surface area contributed by atoms with Gasteiger partial charge >= 0.3 is 5.97 Å². The van der Waals surface area contributed by atoms with Gasteiger partial charge in [0, 0.05) is 19.3 Å². The molecule has 0 heterocycles. The van der Waals surface area contributed by atoms with Crippen LogP contribution in [0.4, 0.5) is 0 Å². The molecule has 2 unspecified atom stereocenters. The van der Waals surface area contributed by atoms with E-state index in [0.717, 1.165) is 12.8 Å². The molecule has 2 atom stereocenters. The van der Waals surface area contributed by atoms with Crippen LogP contribution in [-0.2, 0) is 19.1 Å². The maximum absolute atomic E-state index is 11.7. The summed E-state index contributed by atoms with van der Waals surface area (Å²) in [5.41, 5.74) is 0. The van der Waals surface area contributed by atoms with E-state index in [1.54, 1.807) is 0 Å². The molecule has 0 aromatic rings. The summed E-state index contributed by atoms with van der Waals surface area (Å²) < 4.78 is 4.61. The van der Waals surface area contributed by atoms with E-state index in [2.05, 4.69) is 10.1 Å². The molecule has 0 aliphatic heterocycles. The largest absolute Gasteiger partial charge is 0.467 e. The molecule has 1 N–H and O–H groups in total. The van der Waals surface area contributed by atoms with Gasteiger partial charge in [-0.15, -0.1) is 0 Å². The fraction of sp³-hybridized carbons (Fsp3) is 0.727. The smallest absolute Gasteiger partial charge is 0.329 e. The van der Waals surface area contributed by atoms with Crippen molar-refractivity contribution in [3.63, 3.8) is 0 Å². The Bertz CT molecular complexity index is 300. The zero-order valence-electron chi connectivity index (χ0n) is 9.62. The molecule has 0 radical (unpaired) electrons. The average Bonchev–Trinajstić information content (AvgIpc) is 2.26. The molecule has 0 spiro atoms. The van der Waals surface area contributed by atoms with Gasteiger partial charge in [-0.3, -0.25) is 9.59 Å².